The normalized spacial score (nSPS) is 21.1. The summed E-state index contributed by atoms with van der Waals surface area (Å²) in [5.74, 6) is -0.810. The molecule has 0 atom stereocenters. The summed E-state index contributed by atoms with van der Waals surface area (Å²) in [6.45, 7) is 0. The fraction of sp³-hybridized carbons (Fsp3) is 0.571. The van der Waals surface area contributed by atoms with E-state index in [-0.39, 0.29) is 0 Å². The zero-order chi connectivity index (χ0) is 18.1. The molecular weight excluding hydrogens is 323 g/mol. The van der Waals surface area contributed by atoms with Gasteiger partial charge in [-0.2, -0.15) is 9.65 Å². The van der Waals surface area contributed by atoms with Crippen LogP contribution in [0.2, 0.25) is 0 Å². The molecule has 0 radical (unpaired) electrons. The molecule has 0 unspecified atom stereocenters. The average Bonchev–Trinajstić information content (AvgIpc) is 2.62. The number of aryl methyl sites for hydroxylation is 1. The highest BCUT2D eigenvalue weighted by Gasteiger charge is 2.20. The van der Waals surface area contributed by atoms with Crippen molar-refractivity contribution in [2.75, 3.05) is 0 Å². The summed E-state index contributed by atoms with van der Waals surface area (Å²) >= 11 is 0. The number of rotatable bonds is 8. The van der Waals surface area contributed by atoms with Crippen LogP contribution >= 0.6 is 0 Å². The Hall–Kier alpha value is -1.76. The average molecular weight is 349 g/mol. The quantitative estimate of drug-likeness (QED) is 0.381. The Balaban J connectivity index is 1.58. The molecule has 0 aromatic heterocycles. The van der Waals surface area contributed by atoms with Gasteiger partial charge in [-0.3, -0.25) is 0 Å². The Morgan fingerprint density at radius 3 is 2.36 bits per heavy atom. The lowest BCUT2D eigenvalue weighted by atomic mass is 9.78. The minimum absolute atomic E-state index is 0.654. The van der Waals surface area contributed by atoms with E-state index in [0.29, 0.717) is 12.3 Å². The predicted octanol–water partition coefficient (Wildman–Crippen LogP) is 6.64. The maximum absolute atomic E-state index is 13.2. The van der Waals surface area contributed by atoms with Crippen molar-refractivity contribution in [3.63, 3.8) is 0 Å². The zero-order valence-corrected chi connectivity index (χ0v) is 14.6. The van der Waals surface area contributed by atoms with Gasteiger partial charge in [-0.25, -0.2) is 8.78 Å². The van der Waals surface area contributed by atoms with Crippen molar-refractivity contribution in [1.29, 1.82) is 5.26 Å². The van der Waals surface area contributed by atoms with Crippen molar-refractivity contribution < 1.29 is 13.2 Å². The minimum atomic E-state index is -0.786. The molecule has 4 heteroatoms. The third-order valence-electron chi connectivity index (χ3n) is 5.28. The number of benzene rings is 1. The topological polar surface area (TPSA) is 23.8 Å². The fourth-order valence-electron chi connectivity index (χ4n) is 3.76. The second-order valence-corrected chi connectivity index (χ2v) is 7.12. The molecule has 136 valence electrons. The number of hydrogen-bond donors (Lipinski definition) is 0. The van der Waals surface area contributed by atoms with Gasteiger partial charge in [-0.05, 0) is 61.3 Å². The minimum Gasteiger partial charge on any atom is -0.204 e. The molecule has 1 nitrogen and oxygen atoms in total. The number of allylic oxidation sites excluding steroid dienone is 2. The van der Waals surface area contributed by atoms with Crippen molar-refractivity contribution in [2.45, 2.75) is 64.2 Å². The molecule has 0 heterocycles. The monoisotopic (exact) mass is 349 g/mol. The van der Waals surface area contributed by atoms with Crippen LogP contribution in [0.1, 0.15) is 63.4 Å². The van der Waals surface area contributed by atoms with Crippen molar-refractivity contribution in [3.8, 4) is 6.07 Å². The molecule has 2 rings (SSSR count). The molecule has 1 aliphatic carbocycles. The van der Waals surface area contributed by atoms with Crippen molar-refractivity contribution >= 4 is 0 Å². The van der Waals surface area contributed by atoms with Gasteiger partial charge >= 0.3 is 0 Å². The van der Waals surface area contributed by atoms with Crippen LogP contribution in [0, 0.1) is 34.8 Å². The summed E-state index contributed by atoms with van der Waals surface area (Å²) in [4.78, 5) is 0. The largest absolute Gasteiger partial charge is 0.204 e. The summed E-state index contributed by atoms with van der Waals surface area (Å²) in [5.41, 5.74) is 0.861. The number of hydrogen-bond acceptors (Lipinski definition) is 1. The van der Waals surface area contributed by atoms with Gasteiger partial charge in [-0.15, -0.1) is 0 Å². The van der Waals surface area contributed by atoms with Crippen LogP contribution in [-0.4, -0.2) is 0 Å². The molecule has 1 aromatic rings. The van der Waals surface area contributed by atoms with E-state index in [1.165, 1.54) is 56.4 Å². The molecule has 0 amide bonds. The first-order valence-corrected chi connectivity index (χ1v) is 9.28. The Bertz CT molecular complexity index is 610. The van der Waals surface area contributed by atoms with Crippen LogP contribution in [-0.2, 0) is 6.42 Å². The lowest BCUT2D eigenvalue weighted by Crippen LogP contribution is -2.14. The maximum Gasteiger partial charge on any atom is 0.196 e. The standard InChI is InChI=1S/C21H26F3N/c22-19(15-25)7-3-6-17-10-8-16(9-11-17)4-1-2-5-18-12-13-20(23)21(24)14-18/h7,12-14,16-17H,1-6,8-11H2/b19-7-/t16-,17-. The Kier molecular flexibility index (Phi) is 8.04. The molecule has 1 aliphatic rings. The summed E-state index contributed by atoms with van der Waals surface area (Å²) < 4.78 is 38.8. The van der Waals surface area contributed by atoms with Gasteiger partial charge in [0.05, 0.1) is 0 Å². The SMILES string of the molecule is N#C/C(F)=C/CC[C@H]1CC[C@H](CCCCc2ccc(F)c(F)c2)CC1. The smallest absolute Gasteiger partial charge is 0.196 e. The van der Waals surface area contributed by atoms with E-state index >= 15 is 0 Å². The first-order chi connectivity index (χ1) is 12.1. The molecule has 25 heavy (non-hydrogen) atoms. The molecule has 0 saturated heterocycles. The van der Waals surface area contributed by atoms with E-state index in [0.717, 1.165) is 37.2 Å². The van der Waals surface area contributed by atoms with Crippen LogP contribution in [0.25, 0.3) is 0 Å². The highest BCUT2D eigenvalue weighted by molar-refractivity contribution is 5.17. The molecule has 0 aliphatic heterocycles. The van der Waals surface area contributed by atoms with Crippen LogP contribution in [0.15, 0.2) is 30.1 Å². The Morgan fingerprint density at radius 2 is 1.72 bits per heavy atom. The van der Waals surface area contributed by atoms with E-state index in [9.17, 15) is 13.2 Å². The van der Waals surface area contributed by atoms with E-state index in [2.05, 4.69) is 0 Å². The number of nitrogens with zero attached hydrogens (tertiary/aromatic N) is 1. The molecule has 0 bridgehead atoms. The van der Waals surface area contributed by atoms with E-state index < -0.39 is 17.5 Å². The summed E-state index contributed by atoms with van der Waals surface area (Å²) in [5, 5.41) is 8.38. The van der Waals surface area contributed by atoms with Crippen LogP contribution in [0.3, 0.4) is 0 Å². The molecule has 1 fully saturated rings. The molecule has 1 saturated carbocycles. The molecular formula is C21H26F3N. The van der Waals surface area contributed by atoms with Gasteiger partial charge in [0.1, 0.15) is 6.07 Å². The summed E-state index contributed by atoms with van der Waals surface area (Å²) in [6, 6.07) is 5.66. The fourth-order valence-corrected chi connectivity index (χ4v) is 3.76. The van der Waals surface area contributed by atoms with Crippen LogP contribution in [0.5, 0.6) is 0 Å². The predicted molar refractivity (Wildman–Crippen MR) is 93.4 cm³/mol. The van der Waals surface area contributed by atoms with Gasteiger partial charge in [0.2, 0.25) is 0 Å². The number of halogens is 3. The highest BCUT2D eigenvalue weighted by Crippen LogP contribution is 2.34. The third kappa shape index (κ3) is 6.94. The van der Waals surface area contributed by atoms with Crippen molar-refractivity contribution in [2.24, 2.45) is 11.8 Å². The molecule has 0 N–H and O–H groups in total. The van der Waals surface area contributed by atoms with Crippen LogP contribution < -0.4 is 0 Å². The maximum atomic E-state index is 13.2. The molecule has 0 spiro atoms. The van der Waals surface area contributed by atoms with E-state index in [1.54, 1.807) is 6.07 Å². The zero-order valence-electron chi connectivity index (χ0n) is 14.6. The Morgan fingerprint density at radius 1 is 1.04 bits per heavy atom. The summed E-state index contributed by atoms with van der Waals surface area (Å²) in [7, 11) is 0. The summed E-state index contributed by atoms with van der Waals surface area (Å²) in [6.07, 6.45) is 12.0. The number of nitriles is 1. The lowest BCUT2D eigenvalue weighted by Gasteiger charge is -2.28. The van der Waals surface area contributed by atoms with Crippen LogP contribution in [0.4, 0.5) is 13.2 Å². The second kappa shape index (κ2) is 10.3. The van der Waals surface area contributed by atoms with Gasteiger partial charge in [0.15, 0.2) is 17.5 Å². The highest BCUT2D eigenvalue weighted by atomic mass is 19.2. The number of unbranched alkanes of at least 4 members (excludes halogenated alkanes) is 1. The lowest BCUT2D eigenvalue weighted by molar-refractivity contribution is 0.250. The molecule has 1 aromatic carbocycles. The van der Waals surface area contributed by atoms with Gasteiger partial charge in [-0.1, -0.05) is 44.6 Å². The third-order valence-corrected chi connectivity index (χ3v) is 5.28. The van der Waals surface area contributed by atoms with Gasteiger partial charge in [0.25, 0.3) is 0 Å². The van der Waals surface area contributed by atoms with Gasteiger partial charge in [0, 0.05) is 0 Å². The van der Waals surface area contributed by atoms with Gasteiger partial charge < -0.3 is 0 Å². The van der Waals surface area contributed by atoms with Crippen molar-refractivity contribution in [3.05, 3.63) is 47.3 Å². The van der Waals surface area contributed by atoms with E-state index in [4.69, 9.17) is 5.26 Å². The first kappa shape index (κ1) is 19.6. The second-order valence-electron chi connectivity index (χ2n) is 7.12. The first-order valence-electron chi connectivity index (χ1n) is 9.28. The Labute approximate surface area is 148 Å². The van der Waals surface area contributed by atoms with E-state index in [1.807, 2.05) is 0 Å². The van der Waals surface area contributed by atoms with Crippen molar-refractivity contribution in [1.82, 2.24) is 0 Å².